The molecule has 2 saturated heterocycles. The first kappa shape index (κ1) is 25.2. The number of aryl methyl sites for hydroxylation is 1. The zero-order chi connectivity index (χ0) is 20.8. The average Bonchev–Trinajstić information content (AvgIpc) is 2.73. The van der Waals surface area contributed by atoms with Crippen LogP contribution >= 0.6 is 24.0 Å². The number of carbonyl (C=O) groups excluding carboxylic acids is 1. The van der Waals surface area contributed by atoms with Crippen LogP contribution in [-0.2, 0) is 11.2 Å². The number of ether oxygens (including phenoxy) is 1. The SMILES string of the molecule is CC(C)N1CCC(OC2CCN(c3cnc(C(N)=O)c(CCCCl)c3)CC2)CC1.Cl. The van der Waals surface area contributed by atoms with Gasteiger partial charge in [0.1, 0.15) is 5.69 Å². The number of nitrogens with zero attached hydrogens (tertiary/aromatic N) is 3. The molecule has 0 spiro atoms. The summed E-state index contributed by atoms with van der Waals surface area (Å²) in [5.41, 5.74) is 7.80. The van der Waals surface area contributed by atoms with E-state index in [0.29, 0.717) is 29.8 Å². The number of likely N-dealkylation sites (tertiary alicyclic amines) is 1. The van der Waals surface area contributed by atoms with Crippen molar-refractivity contribution >= 4 is 35.6 Å². The third kappa shape index (κ3) is 6.71. The molecule has 1 amide bonds. The lowest BCUT2D eigenvalue weighted by Crippen LogP contribution is -2.44. The van der Waals surface area contributed by atoms with Crippen molar-refractivity contribution < 1.29 is 9.53 Å². The van der Waals surface area contributed by atoms with E-state index >= 15 is 0 Å². The quantitative estimate of drug-likeness (QED) is 0.602. The Balaban J connectivity index is 0.00000320. The van der Waals surface area contributed by atoms with Crippen LogP contribution in [-0.4, -0.2) is 66.1 Å². The van der Waals surface area contributed by atoms with E-state index < -0.39 is 5.91 Å². The summed E-state index contributed by atoms with van der Waals surface area (Å²) in [7, 11) is 0. The molecule has 0 radical (unpaired) electrons. The molecule has 0 saturated carbocycles. The number of rotatable bonds is 8. The first-order valence-corrected chi connectivity index (χ1v) is 11.5. The maximum atomic E-state index is 11.7. The highest BCUT2D eigenvalue weighted by Gasteiger charge is 2.27. The highest BCUT2D eigenvalue weighted by molar-refractivity contribution is 6.17. The topological polar surface area (TPSA) is 71.7 Å². The van der Waals surface area contributed by atoms with Crippen molar-refractivity contribution in [2.75, 3.05) is 37.0 Å². The number of alkyl halides is 1. The van der Waals surface area contributed by atoms with Gasteiger partial charge in [0, 0.05) is 38.1 Å². The number of anilines is 1. The Kier molecular flexibility index (Phi) is 10.1. The Hall–Kier alpha value is -1.08. The molecule has 2 N–H and O–H groups in total. The summed E-state index contributed by atoms with van der Waals surface area (Å²) in [6.07, 6.45) is 8.37. The van der Waals surface area contributed by atoms with Crippen molar-refractivity contribution in [1.82, 2.24) is 9.88 Å². The van der Waals surface area contributed by atoms with E-state index in [1.807, 2.05) is 0 Å². The molecule has 0 aromatic carbocycles. The van der Waals surface area contributed by atoms with E-state index in [4.69, 9.17) is 22.1 Å². The summed E-state index contributed by atoms with van der Waals surface area (Å²) >= 11 is 5.83. The van der Waals surface area contributed by atoms with Gasteiger partial charge in [0.15, 0.2) is 0 Å². The summed E-state index contributed by atoms with van der Waals surface area (Å²) < 4.78 is 6.43. The van der Waals surface area contributed by atoms with E-state index in [0.717, 1.165) is 76.0 Å². The van der Waals surface area contributed by atoms with Gasteiger partial charge >= 0.3 is 0 Å². The molecule has 6 nitrogen and oxygen atoms in total. The lowest BCUT2D eigenvalue weighted by molar-refractivity contribution is -0.0540. The standard InChI is InChI=1S/C22H35ClN4O2.ClH/c1-16(2)26-10-5-19(6-11-26)29-20-7-12-27(13-8-20)18-14-17(4-3-9-23)21(22(24)28)25-15-18;/h14-16,19-20H,3-13H2,1-2H3,(H2,24,28);1H. The molecule has 0 aliphatic carbocycles. The summed E-state index contributed by atoms with van der Waals surface area (Å²) in [6.45, 7) is 8.71. The van der Waals surface area contributed by atoms with Gasteiger partial charge in [-0.15, -0.1) is 24.0 Å². The molecule has 2 aliphatic heterocycles. The molecule has 8 heteroatoms. The largest absolute Gasteiger partial charge is 0.375 e. The van der Waals surface area contributed by atoms with E-state index in [9.17, 15) is 4.79 Å². The molecular formula is C22H36Cl2N4O2. The predicted octanol–water partition coefficient (Wildman–Crippen LogP) is 3.63. The lowest BCUT2D eigenvalue weighted by Gasteiger charge is -2.38. The van der Waals surface area contributed by atoms with Crippen molar-refractivity contribution in [1.29, 1.82) is 0 Å². The molecular weight excluding hydrogens is 423 g/mol. The highest BCUT2D eigenvalue weighted by Crippen LogP contribution is 2.26. The van der Waals surface area contributed by atoms with E-state index in [1.165, 1.54) is 0 Å². The van der Waals surface area contributed by atoms with Gasteiger partial charge in [-0.25, -0.2) is 4.98 Å². The van der Waals surface area contributed by atoms with Crippen LogP contribution in [0.2, 0.25) is 0 Å². The minimum atomic E-state index is -0.475. The molecule has 0 unspecified atom stereocenters. The first-order chi connectivity index (χ1) is 14.0. The summed E-state index contributed by atoms with van der Waals surface area (Å²) in [4.78, 5) is 20.9. The summed E-state index contributed by atoms with van der Waals surface area (Å²) in [6, 6.07) is 2.69. The molecule has 1 aromatic heterocycles. The average molecular weight is 459 g/mol. The molecule has 3 heterocycles. The van der Waals surface area contributed by atoms with Gasteiger partial charge in [0.05, 0.1) is 24.1 Å². The van der Waals surface area contributed by atoms with Crippen molar-refractivity contribution in [3.05, 3.63) is 23.5 Å². The Morgan fingerprint density at radius 2 is 1.80 bits per heavy atom. The van der Waals surface area contributed by atoms with Crippen LogP contribution in [0.25, 0.3) is 0 Å². The molecule has 1 aromatic rings. The number of primary amides is 1. The van der Waals surface area contributed by atoms with E-state index in [-0.39, 0.29) is 12.4 Å². The molecule has 30 heavy (non-hydrogen) atoms. The van der Waals surface area contributed by atoms with Crippen LogP contribution in [0.5, 0.6) is 0 Å². The van der Waals surface area contributed by atoms with E-state index in [1.54, 1.807) is 6.20 Å². The molecule has 2 aliphatic rings. The second kappa shape index (κ2) is 12.1. The van der Waals surface area contributed by atoms with Gasteiger partial charge < -0.3 is 20.3 Å². The number of aromatic nitrogens is 1. The number of piperidine rings is 2. The smallest absolute Gasteiger partial charge is 0.267 e. The van der Waals surface area contributed by atoms with E-state index in [2.05, 4.69) is 34.7 Å². The Morgan fingerprint density at radius 3 is 2.33 bits per heavy atom. The molecule has 3 rings (SSSR count). The third-order valence-corrected chi connectivity index (χ3v) is 6.43. The Bertz CT molecular complexity index is 673. The molecule has 170 valence electrons. The first-order valence-electron chi connectivity index (χ1n) is 11.0. The fourth-order valence-electron chi connectivity index (χ4n) is 4.39. The number of hydrogen-bond donors (Lipinski definition) is 1. The number of hydrogen-bond acceptors (Lipinski definition) is 5. The van der Waals surface area contributed by atoms with Crippen LogP contribution < -0.4 is 10.6 Å². The van der Waals surface area contributed by atoms with Gasteiger partial charge in [0.2, 0.25) is 0 Å². The summed E-state index contributed by atoms with van der Waals surface area (Å²) in [5.74, 6) is 0.0816. The van der Waals surface area contributed by atoms with Crippen LogP contribution in [0.4, 0.5) is 5.69 Å². The van der Waals surface area contributed by atoms with Crippen LogP contribution in [0.15, 0.2) is 12.3 Å². The maximum Gasteiger partial charge on any atom is 0.267 e. The fraction of sp³-hybridized carbons (Fsp3) is 0.727. The number of pyridine rings is 1. The minimum absolute atomic E-state index is 0. The lowest BCUT2D eigenvalue weighted by atomic mass is 10.0. The number of amides is 1. The minimum Gasteiger partial charge on any atom is -0.375 e. The monoisotopic (exact) mass is 458 g/mol. The van der Waals surface area contributed by atoms with Gasteiger partial charge in [0.25, 0.3) is 5.91 Å². The molecule has 0 atom stereocenters. The fourth-order valence-corrected chi connectivity index (χ4v) is 4.52. The van der Waals surface area contributed by atoms with Gasteiger partial charge in [-0.3, -0.25) is 4.79 Å². The van der Waals surface area contributed by atoms with Gasteiger partial charge in [-0.2, -0.15) is 0 Å². The van der Waals surface area contributed by atoms with Crippen LogP contribution in [0.3, 0.4) is 0 Å². The number of carbonyl (C=O) groups is 1. The van der Waals surface area contributed by atoms with Crippen molar-refractivity contribution in [3.63, 3.8) is 0 Å². The predicted molar refractivity (Wildman–Crippen MR) is 125 cm³/mol. The number of halogens is 2. The zero-order valence-corrected chi connectivity index (χ0v) is 19.8. The second-order valence-electron chi connectivity index (χ2n) is 8.51. The number of nitrogens with two attached hydrogens (primary N) is 1. The Morgan fingerprint density at radius 1 is 1.20 bits per heavy atom. The Labute approximate surface area is 191 Å². The summed E-state index contributed by atoms with van der Waals surface area (Å²) in [5, 5.41) is 0. The maximum absolute atomic E-state index is 11.7. The van der Waals surface area contributed by atoms with Crippen molar-refractivity contribution in [3.8, 4) is 0 Å². The van der Waals surface area contributed by atoms with Crippen molar-refractivity contribution in [2.45, 2.75) is 70.6 Å². The highest BCUT2D eigenvalue weighted by atomic mass is 35.5. The van der Waals surface area contributed by atoms with Crippen molar-refractivity contribution in [2.24, 2.45) is 5.73 Å². The van der Waals surface area contributed by atoms with Crippen LogP contribution in [0.1, 0.15) is 62.0 Å². The van der Waals surface area contributed by atoms with Gasteiger partial charge in [-0.1, -0.05) is 0 Å². The van der Waals surface area contributed by atoms with Gasteiger partial charge in [-0.05, 0) is 64.0 Å². The molecule has 0 bridgehead atoms. The third-order valence-electron chi connectivity index (χ3n) is 6.16. The second-order valence-corrected chi connectivity index (χ2v) is 8.89. The zero-order valence-electron chi connectivity index (χ0n) is 18.2. The molecule has 2 fully saturated rings. The normalized spacial score (nSPS) is 19.1. The van der Waals surface area contributed by atoms with Crippen LogP contribution in [0, 0.1) is 0 Å².